The zero-order valence-electron chi connectivity index (χ0n) is 14.1. The number of hydroxylamine groups is 1. The molecule has 25 heavy (non-hydrogen) atoms. The Hall–Kier alpha value is -1.44. The summed E-state index contributed by atoms with van der Waals surface area (Å²) >= 11 is 1.59. The highest BCUT2D eigenvalue weighted by Crippen LogP contribution is 2.42. The maximum absolute atomic E-state index is 14.0. The van der Waals surface area contributed by atoms with Crippen molar-refractivity contribution in [3.05, 3.63) is 59.4 Å². The second kappa shape index (κ2) is 8.29. The van der Waals surface area contributed by atoms with E-state index in [-0.39, 0.29) is 5.82 Å². The molecular weight excluding hydrogens is 341 g/mol. The fraction of sp³-hybridized carbons (Fsp3) is 0.368. The van der Waals surface area contributed by atoms with E-state index in [4.69, 9.17) is 14.7 Å². The minimum Gasteiger partial charge on any atom is -0.381 e. The van der Waals surface area contributed by atoms with E-state index >= 15 is 0 Å². The van der Waals surface area contributed by atoms with Crippen LogP contribution < -0.4 is 5.48 Å². The van der Waals surface area contributed by atoms with Gasteiger partial charge >= 0.3 is 0 Å². The lowest BCUT2D eigenvalue weighted by molar-refractivity contribution is -0.0964. The van der Waals surface area contributed by atoms with Crippen molar-refractivity contribution >= 4 is 11.8 Å². The van der Waals surface area contributed by atoms with Crippen LogP contribution in [0, 0.1) is 5.82 Å². The van der Waals surface area contributed by atoms with Crippen LogP contribution in [0.25, 0.3) is 0 Å². The Labute approximate surface area is 151 Å². The zero-order valence-corrected chi connectivity index (χ0v) is 14.9. The standard InChI is InChI=1S/C19H22FNO3S/c1-23-19(8-10-24-11-9-19)17-12-15(20)4-7-18(17)25-16-5-2-14(3-6-16)13-21-22/h2-7,12,21-22H,8-11,13H2,1H3. The van der Waals surface area contributed by atoms with Gasteiger partial charge in [0.15, 0.2) is 0 Å². The van der Waals surface area contributed by atoms with Crippen molar-refractivity contribution in [2.24, 2.45) is 0 Å². The van der Waals surface area contributed by atoms with E-state index in [1.807, 2.05) is 30.3 Å². The first kappa shape index (κ1) is 18.4. The normalized spacial score (nSPS) is 16.8. The summed E-state index contributed by atoms with van der Waals surface area (Å²) in [6, 6.07) is 12.8. The smallest absolute Gasteiger partial charge is 0.123 e. The number of benzene rings is 2. The van der Waals surface area contributed by atoms with E-state index in [9.17, 15) is 4.39 Å². The Morgan fingerprint density at radius 2 is 1.92 bits per heavy atom. The molecule has 2 N–H and O–H groups in total. The molecule has 1 saturated heterocycles. The molecule has 1 aliphatic rings. The lowest BCUT2D eigenvalue weighted by atomic mass is 9.86. The fourth-order valence-electron chi connectivity index (χ4n) is 3.13. The summed E-state index contributed by atoms with van der Waals surface area (Å²) in [5.41, 5.74) is 3.51. The molecule has 1 aliphatic heterocycles. The minimum absolute atomic E-state index is 0.258. The van der Waals surface area contributed by atoms with Crippen molar-refractivity contribution in [2.45, 2.75) is 34.8 Å². The van der Waals surface area contributed by atoms with E-state index in [0.717, 1.165) is 20.9 Å². The van der Waals surface area contributed by atoms with E-state index < -0.39 is 5.60 Å². The predicted molar refractivity (Wildman–Crippen MR) is 94.3 cm³/mol. The van der Waals surface area contributed by atoms with Crippen LogP contribution in [0.4, 0.5) is 4.39 Å². The maximum Gasteiger partial charge on any atom is 0.123 e. The van der Waals surface area contributed by atoms with E-state index in [1.54, 1.807) is 24.9 Å². The fourth-order valence-corrected chi connectivity index (χ4v) is 4.14. The van der Waals surface area contributed by atoms with Gasteiger partial charge in [0, 0.05) is 55.1 Å². The first-order valence-electron chi connectivity index (χ1n) is 8.23. The molecule has 6 heteroatoms. The molecule has 0 radical (unpaired) electrons. The Morgan fingerprint density at radius 1 is 1.20 bits per heavy atom. The highest BCUT2D eigenvalue weighted by atomic mass is 32.2. The van der Waals surface area contributed by atoms with Crippen LogP contribution in [0.15, 0.2) is 52.3 Å². The molecule has 0 atom stereocenters. The van der Waals surface area contributed by atoms with Gasteiger partial charge in [-0.25, -0.2) is 9.87 Å². The molecule has 134 valence electrons. The summed E-state index contributed by atoms with van der Waals surface area (Å²) in [5, 5.41) is 8.77. The predicted octanol–water partition coefficient (Wildman–Crippen LogP) is 4.11. The van der Waals surface area contributed by atoms with E-state index in [0.29, 0.717) is 32.6 Å². The SMILES string of the molecule is COC1(c2cc(F)ccc2Sc2ccc(CNO)cc2)CCOCC1. The van der Waals surface area contributed by atoms with Crippen LogP contribution in [0.1, 0.15) is 24.0 Å². The van der Waals surface area contributed by atoms with Gasteiger partial charge in [0.1, 0.15) is 5.82 Å². The van der Waals surface area contributed by atoms with Gasteiger partial charge in [0.05, 0.1) is 5.60 Å². The van der Waals surface area contributed by atoms with Gasteiger partial charge in [-0.1, -0.05) is 23.9 Å². The molecule has 0 amide bonds. The Bertz CT molecular complexity index is 702. The van der Waals surface area contributed by atoms with Gasteiger partial charge in [-0.3, -0.25) is 0 Å². The first-order chi connectivity index (χ1) is 12.2. The topological polar surface area (TPSA) is 50.7 Å². The van der Waals surface area contributed by atoms with Crippen molar-refractivity contribution < 1.29 is 19.1 Å². The summed E-state index contributed by atoms with van der Waals surface area (Å²) in [6.07, 6.45) is 1.42. The molecule has 0 spiro atoms. The lowest BCUT2D eigenvalue weighted by Gasteiger charge is -2.37. The van der Waals surface area contributed by atoms with E-state index in [1.165, 1.54) is 6.07 Å². The maximum atomic E-state index is 14.0. The highest BCUT2D eigenvalue weighted by molar-refractivity contribution is 7.99. The van der Waals surface area contributed by atoms with Gasteiger partial charge in [0.2, 0.25) is 0 Å². The molecule has 1 heterocycles. The molecule has 0 aromatic heterocycles. The third-order valence-corrected chi connectivity index (χ3v) is 5.64. The number of ether oxygens (including phenoxy) is 2. The quantitative estimate of drug-likeness (QED) is 0.757. The van der Waals surface area contributed by atoms with Crippen molar-refractivity contribution in [1.29, 1.82) is 0 Å². The number of hydrogen-bond acceptors (Lipinski definition) is 5. The van der Waals surface area contributed by atoms with Crippen molar-refractivity contribution in [1.82, 2.24) is 5.48 Å². The molecule has 0 unspecified atom stereocenters. The van der Waals surface area contributed by atoms with Gasteiger partial charge in [-0.15, -0.1) is 0 Å². The zero-order chi connectivity index (χ0) is 17.7. The number of methoxy groups -OCH3 is 1. The van der Waals surface area contributed by atoms with Crippen molar-refractivity contribution in [3.63, 3.8) is 0 Å². The Balaban J connectivity index is 1.91. The molecule has 0 bridgehead atoms. The third kappa shape index (κ3) is 4.22. The van der Waals surface area contributed by atoms with Crippen LogP contribution in [0.3, 0.4) is 0 Å². The molecular formula is C19H22FNO3S. The van der Waals surface area contributed by atoms with Gasteiger partial charge < -0.3 is 14.7 Å². The Morgan fingerprint density at radius 3 is 2.56 bits per heavy atom. The summed E-state index contributed by atoms with van der Waals surface area (Å²) in [5.74, 6) is -0.258. The monoisotopic (exact) mass is 363 g/mol. The summed E-state index contributed by atoms with van der Waals surface area (Å²) in [7, 11) is 1.68. The number of nitrogens with one attached hydrogen (secondary N) is 1. The average Bonchev–Trinajstić information content (AvgIpc) is 2.65. The minimum atomic E-state index is -0.510. The molecule has 4 nitrogen and oxygen atoms in total. The first-order valence-corrected chi connectivity index (χ1v) is 9.05. The summed E-state index contributed by atoms with van der Waals surface area (Å²) in [4.78, 5) is 2.03. The number of hydrogen-bond donors (Lipinski definition) is 2. The number of halogens is 1. The molecule has 2 aromatic carbocycles. The third-order valence-electron chi connectivity index (χ3n) is 4.56. The van der Waals surface area contributed by atoms with Crippen LogP contribution in [0.2, 0.25) is 0 Å². The largest absolute Gasteiger partial charge is 0.381 e. The molecule has 0 aliphatic carbocycles. The van der Waals surface area contributed by atoms with Gasteiger partial charge in [0.25, 0.3) is 0 Å². The van der Waals surface area contributed by atoms with Crippen LogP contribution in [-0.2, 0) is 21.6 Å². The summed E-state index contributed by atoms with van der Waals surface area (Å²) < 4.78 is 25.3. The molecule has 0 saturated carbocycles. The number of rotatable bonds is 6. The molecule has 1 fully saturated rings. The lowest BCUT2D eigenvalue weighted by Crippen LogP contribution is -2.36. The van der Waals surface area contributed by atoms with Gasteiger partial charge in [-0.05, 0) is 35.9 Å². The average molecular weight is 363 g/mol. The molecule has 2 aromatic rings. The highest BCUT2D eigenvalue weighted by Gasteiger charge is 2.36. The Kier molecular flexibility index (Phi) is 6.09. The second-order valence-corrected chi connectivity index (χ2v) is 7.15. The van der Waals surface area contributed by atoms with E-state index in [2.05, 4.69) is 5.48 Å². The van der Waals surface area contributed by atoms with Crippen molar-refractivity contribution in [3.8, 4) is 0 Å². The van der Waals surface area contributed by atoms with Crippen LogP contribution in [0.5, 0.6) is 0 Å². The van der Waals surface area contributed by atoms with Crippen LogP contribution >= 0.6 is 11.8 Å². The molecule has 3 rings (SSSR count). The van der Waals surface area contributed by atoms with Crippen LogP contribution in [-0.4, -0.2) is 25.5 Å². The van der Waals surface area contributed by atoms with Gasteiger partial charge in [-0.2, -0.15) is 0 Å². The second-order valence-electron chi connectivity index (χ2n) is 6.03. The van der Waals surface area contributed by atoms with Crippen molar-refractivity contribution in [2.75, 3.05) is 20.3 Å². The summed E-state index contributed by atoms with van der Waals surface area (Å²) in [6.45, 7) is 1.62.